The van der Waals surface area contributed by atoms with Gasteiger partial charge < -0.3 is 9.47 Å². The zero-order valence-corrected chi connectivity index (χ0v) is 10.9. The second-order valence-corrected chi connectivity index (χ2v) is 4.19. The van der Waals surface area contributed by atoms with E-state index in [1.54, 1.807) is 25.4 Å². The van der Waals surface area contributed by atoms with Gasteiger partial charge in [-0.15, -0.1) is 0 Å². The van der Waals surface area contributed by atoms with Crippen LogP contribution in [0.5, 0.6) is 11.5 Å². The summed E-state index contributed by atoms with van der Waals surface area (Å²) in [4.78, 5) is 3.90. The largest absolute Gasteiger partial charge is 0.457 e. The summed E-state index contributed by atoms with van der Waals surface area (Å²) in [5.74, 6) is 1.46. The highest BCUT2D eigenvalue weighted by Crippen LogP contribution is 2.23. The van der Waals surface area contributed by atoms with Crippen molar-refractivity contribution >= 4 is 11.6 Å². The maximum atomic E-state index is 5.79. The number of halogens is 1. The predicted molar refractivity (Wildman–Crippen MR) is 71.3 cm³/mol. The number of hydrogen-bond donors (Lipinski definition) is 0. The number of aromatic nitrogens is 1. The summed E-state index contributed by atoms with van der Waals surface area (Å²) in [5.41, 5.74) is 1.22. The Kier molecular flexibility index (Phi) is 4.56. The van der Waals surface area contributed by atoms with Crippen LogP contribution in [0.3, 0.4) is 0 Å². The summed E-state index contributed by atoms with van der Waals surface area (Å²) < 4.78 is 10.7. The average molecular weight is 264 g/mol. The van der Waals surface area contributed by atoms with Crippen LogP contribution < -0.4 is 4.74 Å². The van der Waals surface area contributed by atoms with E-state index in [0.29, 0.717) is 10.9 Å². The first kappa shape index (κ1) is 12.9. The SMILES string of the molecule is COCCc1ccc(Oc2ccnc(Cl)c2)cc1. The molecule has 0 N–H and O–H groups in total. The summed E-state index contributed by atoms with van der Waals surface area (Å²) in [6, 6.07) is 11.4. The van der Waals surface area contributed by atoms with E-state index < -0.39 is 0 Å². The monoisotopic (exact) mass is 263 g/mol. The molecule has 0 saturated carbocycles. The van der Waals surface area contributed by atoms with Gasteiger partial charge in [-0.05, 0) is 30.2 Å². The standard InChI is InChI=1S/C14H14ClNO2/c1-17-9-7-11-2-4-12(5-3-11)18-13-6-8-16-14(15)10-13/h2-6,8,10H,7,9H2,1H3. The maximum Gasteiger partial charge on any atom is 0.132 e. The van der Waals surface area contributed by atoms with Crippen molar-refractivity contribution in [3.05, 3.63) is 53.3 Å². The fraction of sp³-hybridized carbons (Fsp3) is 0.214. The van der Waals surface area contributed by atoms with Gasteiger partial charge in [0, 0.05) is 19.4 Å². The second kappa shape index (κ2) is 6.38. The molecule has 18 heavy (non-hydrogen) atoms. The van der Waals surface area contributed by atoms with E-state index in [1.165, 1.54) is 5.56 Å². The Labute approximate surface area is 111 Å². The second-order valence-electron chi connectivity index (χ2n) is 3.80. The fourth-order valence-electron chi connectivity index (χ4n) is 1.53. The van der Waals surface area contributed by atoms with Crippen LogP contribution in [-0.4, -0.2) is 18.7 Å². The number of nitrogens with zero attached hydrogens (tertiary/aromatic N) is 1. The highest BCUT2D eigenvalue weighted by Gasteiger charge is 1.99. The minimum atomic E-state index is 0.421. The molecule has 0 fully saturated rings. The third-order valence-electron chi connectivity index (χ3n) is 2.45. The summed E-state index contributed by atoms with van der Waals surface area (Å²) in [7, 11) is 1.70. The molecule has 2 aromatic rings. The molecule has 0 aliphatic carbocycles. The smallest absolute Gasteiger partial charge is 0.132 e. The van der Waals surface area contributed by atoms with E-state index in [-0.39, 0.29) is 0 Å². The lowest BCUT2D eigenvalue weighted by Crippen LogP contribution is -1.94. The Morgan fingerprint density at radius 3 is 2.56 bits per heavy atom. The van der Waals surface area contributed by atoms with E-state index in [2.05, 4.69) is 4.98 Å². The van der Waals surface area contributed by atoms with Gasteiger partial charge in [0.05, 0.1) is 6.61 Å². The summed E-state index contributed by atoms with van der Waals surface area (Å²) in [5, 5.41) is 0.421. The molecule has 0 bridgehead atoms. The molecule has 0 radical (unpaired) electrons. The molecule has 3 nitrogen and oxygen atoms in total. The topological polar surface area (TPSA) is 31.4 Å². The molecule has 1 aromatic carbocycles. The van der Waals surface area contributed by atoms with Gasteiger partial charge in [0.1, 0.15) is 16.7 Å². The Morgan fingerprint density at radius 2 is 1.89 bits per heavy atom. The van der Waals surface area contributed by atoms with Crippen LogP contribution >= 0.6 is 11.6 Å². The molecule has 0 spiro atoms. The number of methoxy groups -OCH3 is 1. The van der Waals surface area contributed by atoms with Crippen molar-refractivity contribution < 1.29 is 9.47 Å². The average Bonchev–Trinajstić information content (AvgIpc) is 2.38. The lowest BCUT2D eigenvalue weighted by atomic mass is 10.1. The summed E-state index contributed by atoms with van der Waals surface area (Å²) in [6.07, 6.45) is 2.52. The molecule has 2 rings (SSSR count). The first-order chi connectivity index (χ1) is 8.78. The summed E-state index contributed by atoms with van der Waals surface area (Å²) in [6.45, 7) is 0.722. The summed E-state index contributed by atoms with van der Waals surface area (Å²) >= 11 is 5.79. The fourth-order valence-corrected chi connectivity index (χ4v) is 1.69. The molecule has 1 aromatic heterocycles. The first-order valence-corrected chi connectivity index (χ1v) is 6.03. The van der Waals surface area contributed by atoms with Crippen molar-refractivity contribution in [1.29, 1.82) is 0 Å². The van der Waals surface area contributed by atoms with E-state index in [9.17, 15) is 0 Å². The Morgan fingerprint density at radius 1 is 1.11 bits per heavy atom. The van der Waals surface area contributed by atoms with E-state index in [4.69, 9.17) is 21.1 Å². The van der Waals surface area contributed by atoms with Gasteiger partial charge in [-0.3, -0.25) is 0 Å². The molecule has 0 unspecified atom stereocenters. The zero-order chi connectivity index (χ0) is 12.8. The zero-order valence-electron chi connectivity index (χ0n) is 10.1. The molecular formula is C14H14ClNO2. The van der Waals surface area contributed by atoms with Crippen LogP contribution in [0.2, 0.25) is 5.15 Å². The minimum absolute atomic E-state index is 0.421. The molecule has 0 saturated heterocycles. The lowest BCUT2D eigenvalue weighted by molar-refractivity contribution is 0.202. The molecule has 1 heterocycles. The quantitative estimate of drug-likeness (QED) is 0.771. The van der Waals surface area contributed by atoms with Crippen LogP contribution in [0.1, 0.15) is 5.56 Å². The normalized spacial score (nSPS) is 10.3. The van der Waals surface area contributed by atoms with Gasteiger partial charge in [-0.1, -0.05) is 23.7 Å². The third-order valence-corrected chi connectivity index (χ3v) is 2.66. The number of benzene rings is 1. The van der Waals surface area contributed by atoms with Gasteiger partial charge in [-0.2, -0.15) is 0 Å². The van der Waals surface area contributed by atoms with Crippen LogP contribution in [0, 0.1) is 0 Å². The van der Waals surface area contributed by atoms with Crippen molar-refractivity contribution in [3.8, 4) is 11.5 Å². The first-order valence-electron chi connectivity index (χ1n) is 5.65. The number of rotatable bonds is 5. The van der Waals surface area contributed by atoms with Crippen molar-refractivity contribution in [2.45, 2.75) is 6.42 Å². The van der Waals surface area contributed by atoms with Crippen LogP contribution in [0.4, 0.5) is 0 Å². The Hall–Kier alpha value is -1.58. The molecule has 0 amide bonds. The maximum absolute atomic E-state index is 5.79. The number of hydrogen-bond acceptors (Lipinski definition) is 3. The Bertz CT molecular complexity index is 499. The third kappa shape index (κ3) is 3.72. The lowest BCUT2D eigenvalue weighted by Gasteiger charge is -2.06. The highest BCUT2D eigenvalue weighted by atomic mass is 35.5. The molecule has 0 aliphatic heterocycles. The van der Waals surface area contributed by atoms with Gasteiger partial charge in [0.15, 0.2) is 0 Å². The van der Waals surface area contributed by atoms with Crippen molar-refractivity contribution in [1.82, 2.24) is 4.98 Å². The van der Waals surface area contributed by atoms with E-state index in [0.717, 1.165) is 18.8 Å². The van der Waals surface area contributed by atoms with Crippen LogP contribution in [0.25, 0.3) is 0 Å². The van der Waals surface area contributed by atoms with Gasteiger partial charge >= 0.3 is 0 Å². The van der Waals surface area contributed by atoms with Gasteiger partial charge in [-0.25, -0.2) is 4.98 Å². The van der Waals surface area contributed by atoms with Gasteiger partial charge in [0.25, 0.3) is 0 Å². The van der Waals surface area contributed by atoms with Crippen LogP contribution in [-0.2, 0) is 11.2 Å². The predicted octanol–water partition coefficient (Wildman–Crippen LogP) is 3.72. The van der Waals surface area contributed by atoms with Crippen LogP contribution in [0.15, 0.2) is 42.6 Å². The van der Waals surface area contributed by atoms with Crippen molar-refractivity contribution in [2.75, 3.05) is 13.7 Å². The highest BCUT2D eigenvalue weighted by molar-refractivity contribution is 6.29. The Balaban J connectivity index is 2.02. The number of ether oxygens (including phenoxy) is 2. The van der Waals surface area contributed by atoms with Crippen molar-refractivity contribution in [3.63, 3.8) is 0 Å². The molecule has 94 valence electrons. The molecule has 4 heteroatoms. The van der Waals surface area contributed by atoms with E-state index >= 15 is 0 Å². The number of pyridine rings is 1. The molecular weight excluding hydrogens is 250 g/mol. The molecule has 0 aliphatic rings. The van der Waals surface area contributed by atoms with Gasteiger partial charge in [0.2, 0.25) is 0 Å². The van der Waals surface area contributed by atoms with E-state index in [1.807, 2.05) is 24.3 Å². The van der Waals surface area contributed by atoms with Crippen molar-refractivity contribution in [2.24, 2.45) is 0 Å². The molecule has 0 atom stereocenters. The minimum Gasteiger partial charge on any atom is -0.457 e.